The van der Waals surface area contributed by atoms with E-state index >= 15 is 0 Å². The Morgan fingerprint density at radius 3 is 2.58 bits per heavy atom. The summed E-state index contributed by atoms with van der Waals surface area (Å²) in [4.78, 5) is 16.5. The summed E-state index contributed by atoms with van der Waals surface area (Å²) in [6.07, 6.45) is 3.35. The second-order valence-corrected chi connectivity index (χ2v) is 6.51. The van der Waals surface area contributed by atoms with E-state index < -0.39 is 0 Å². The maximum absolute atomic E-state index is 12.4. The van der Waals surface area contributed by atoms with Crippen molar-refractivity contribution >= 4 is 35.0 Å². The van der Waals surface area contributed by atoms with E-state index in [1.54, 1.807) is 31.4 Å². The Kier molecular flexibility index (Phi) is 5.68. The normalized spacial score (nSPS) is 14.7. The van der Waals surface area contributed by atoms with Crippen molar-refractivity contribution in [3.8, 4) is 5.75 Å². The molecule has 1 aliphatic heterocycles. The fourth-order valence-electron chi connectivity index (χ4n) is 3.00. The summed E-state index contributed by atoms with van der Waals surface area (Å²) in [7, 11) is 1.67. The zero-order valence-corrected chi connectivity index (χ0v) is 15.4. The van der Waals surface area contributed by atoms with Crippen LogP contribution in [0.3, 0.4) is 0 Å². The molecule has 3 rings (SSSR count). The summed E-state index contributed by atoms with van der Waals surface area (Å²) in [5.41, 5.74) is 8.21. The van der Waals surface area contributed by atoms with E-state index in [9.17, 15) is 4.79 Å². The number of hydrogen-bond donors (Lipinski definition) is 1. The molecule has 1 saturated heterocycles. The second kappa shape index (κ2) is 8.15. The number of anilines is 2. The number of nitrogens with zero attached hydrogens (tertiary/aromatic N) is 2. The average Bonchev–Trinajstić information content (AvgIpc) is 2.68. The molecule has 136 valence electrons. The lowest BCUT2D eigenvalue weighted by molar-refractivity contribution is -0.126. The molecule has 0 aliphatic carbocycles. The lowest BCUT2D eigenvalue weighted by Crippen LogP contribution is -2.48. The molecule has 0 radical (unpaired) electrons. The maximum atomic E-state index is 12.4. The molecule has 6 heteroatoms. The molecule has 0 bridgehead atoms. The van der Waals surface area contributed by atoms with E-state index in [1.165, 1.54) is 0 Å². The summed E-state index contributed by atoms with van der Waals surface area (Å²) < 4.78 is 5.43. The van der Waals surface area contributed by atoms with Crippen molar-refractivity contribution in [3.05, 3.63) is 59.1 Å². The van der Waals surface area contributed by atoms with E-state index in [4.69, 9.17) is 22.1 Å². The van der Waals surface area contributed by atoms with Crippen molar-refractivity contribution in [2.45, 2.75) is 0 Å². The first-order chi connectivity index (χ1) is 12.6. The quantitative estimate of drug-likeness (QED) is 0.661. The summed E-state index contributed by atoms with van der Waals surface area (Å²) in [6.45, 7) is 2.88. The molecule has 0 atom stereocenters. The molecule has 1 amide bonds. The Morgan fingerprint density at radius 2 is 1.88 bits per heavy atom. The molecule has 2 aromatic rings. The Hall–Kier alpha value is -2.66. The highest BCUT2D eigenvalue weighted by atomic mass is 35.5. The molecule has 0 spiro atoms. The minimum atomic E-state index is -0.00167. The molecule has 5 nitrogen and oxygen atoms in total. The van der Waals surface area contributed by atoms with Gasteiger partial charge in [-0.05, 0) is 35.9 Å². The molecule has 0 saturated carbocycles. The van der Waals surface area contributed by atoms with Gasteiger partial charge in [-0.3, -0.25) is 4.79 Å². The van der Waals surface area contributed by atoms with Gasteiger partial charge in [-0.25, -0.2) is 0 Å². The van der Waals surface area contributed by atoms with Gasteiger partial charge in [0.05, 0.1) is 23.5 Å². The number of carbonyl (C=O) groups is 1. The highest BCUT2D eigenvalue weighted by Crippen LogP contribution is 2.28. The summed E-state index contributed by atoms with van der Waals surface area (Å²) in [5.74, 6) is 0.852. The number of ether oxygens (including phenoxy) is 1. The Morgan fingerprint density at radius 1 is 1.15 bits per heavy atom. The molecule has 1 aliphatic rings. The van der Waals surface area contributed by atoms with Crippen LogP contribution in [0.2, 0.25) is 5.02 Å². The van der Waals surface area contributed by atoms with Crippen LogP contribution in [0.4, 0.5) is 11.4 Å². The lowest BCUT2D eigenvalue weighted by atomic mass is 10.2. The smallest absolute Gasteiger partial charge is 0.246 e. The van der Waals surface area contributed by atoms with Crippen LogP contribution in [-0.4, -0.2) is 44.1 Å². The number of rotatable bonds is 4. The fourth-order valence-corrected chi connectivity index (χ4v) is 3.12. The maximum Gasteiger partial charge on any atom is 0.246 e. The molecule has 26 heavy (non-hydrogen) atoms. The zero-order chi connectivity index (χ0) is 18.5. The van der Waals surface area contributed by atoms with Crippen molar-refractivity contribution in [2.24, 2.45) is 0 Å². The fraction of sp³-hybridized carbons (Fsp3) is 0.250. The van der Waals surface area contributed by atoms with Gasteiger partial charge in [0, 0.05) is 32.3 Å². The Bertz CT molecular complexity index is 814. The van der Waals surface area contributed by atoms with Crippen LogP contribution in [0.15, 0.2) is 48.5 Å². The number of halogens is 1. The van der Waals surface area contributed by atoms with Gasteiger partial charge in [0.1, 0.15) is 5.75 Å². The van der Waals surface area contributed by atoms with Gasteiger partial charge in [0.15, 0.2) is 0 Å². The van der Waals surface area contributed by atoms with Gasteiger partial charge >= 0.3 is 0 Å². The number of nitrogens with two attached hydrogens (primary N) is 1. The third-order valence-corrected chi connectivity index (χ3v) is 4.80. The number of amides is 1. The number of nitrogen functional groups attached to an aromatic ring is 1. The van der Waals surface area contributed by atoms with Crippen LogP contribution in [0.1, 0.15) is 5.56 Å². The van der Waals surface area contributed by atoms with E-state index in [-0.39, 0.29) is 5.91 Å². The van der Waals surface area contributed by atoms with Gasteiger partial charge in [0.25, 0.3) is 0 Å². The third-order valence-electron chi connectivity index (χ3n) is 4.46. The first kappa shape index (κ1) is 18.1. The van der Waals surface area contributed by atoms with Crippen molar-refractivity contribution in [1.29, 1.82) is 0 Å². The summed E-state index contributed by atoms with van der Waals surface area (Å²) >= 11 is 5.91. The first-order valence-corrected chi connectivity index (χ1v) is 8.86. The number of benzene rings is 2. The minimum Gasteiger partial charge on any atom is -0.495 e. The van der Waals surface area contributed by atoms with Crippen molar-refractivity contribution in [1.82, 2.24) is 4.90 Å². The zero-order valence-electron chi connectivity index (χ0n) is 14.7. The lowest BCUT2D eigenvalue weighted by Gasteiger charge is -2.36. The molecule has 0 unspecified atom stereocenters. The van der Waals surface area contributed by atoms with Crippen LogP contribution >= 0.6 is 11.6 Å². The molecule has 2 N–H and O–H groups in total. The van der Waals surface area contributed by atoms with Crippen LogP contribution in [-0.2, 0) is 4.79 Å². The number of methoxy groups -OCH3 is 1. The molecular weight excluding hydrogens is 350 g/mol. The monoisotopic (exact) mass is 371 g/mol. The highest BCUT2D eigenvalue weighted by Gasteiger charge is 2.21. The number of piperazine rings is 1. The molecule has 0 aromatic heterocycles. The van der Waals surface area contributed by atoms with Gasteiger partial charge < -0.3 is 20.3 Å². The summed E-state index contributed by atoms with van der Waals surface area (Å²) in [6, 6.07) is 13.3. The molecular formula is C20H22ClN3O2. The van der Waals surface area contributed by atoms with Crippen LogP contribution in [0, 0.1) is 0 Å². The van der Waals surface area contributed by atoms with E-state index in [0.29, 0.717) is 23.8 Å². The third kappa shape index (κ3) is 4.11. The topological polar surface area (TPSA) is 58.8 Å². The first-order valence-electron chi connectivity index (χ1n) is 8.48. The predicted molar refractivity (Wildman–Crippen MR) is 107 cm³/mol. The SMILES string of the molecule is COc1ccccc1N1CCN(C(=O)/C=C/c2ccc(Cl)c(N)c2)CC1. The Labute approximate surface area is 158 Å². The molecule has 2 aromatic carbocycles. The summed E-state index contributed by atoms with van der Waals surface area (Å²) in [5, 5.41) is 0.515. The van der Waals surface area contributed by atoms with Gasteiger partial charge in [-0.1, -0.05) is 29.8 Å². The molecule has 1 fully saturated rings. The van der Waals surface area contributed by atoms with Gasteiger partial charge in [-0.2, -0.15) is 0 Å². The van der Waals surface area contributed by atoms with Crippen LogP contribution in [0.5, 0.6) is 5.75 Å². The van der Waals surface area contributed by atoms with E-state index in [1.807, 2.05) is 35.2 Å². The van der Waals surface area contributed by atoms with Crippen LogP contribution < -0.4 is 15.4 Å². The van der Waals surface area contributed by atoms with Gasteiger partial charge in [-0.15, -0.1) is 0 Å². The largest absolute Gasteiger partial charge is 0.495 e. The Balaban J connectivity index is 1.59. The number of para-hydroxylation sites is 2. The highest BCUT2D eigenvalue weighted by molar-refractivity contribution is 6.33. The van der Waals surface area contributed by atoms with Crippen molar-refractivity contribution in [2.75, 3.05) is 43.9 Å². The van der Waals surface area contributed by atoms with Crippen LogP contribution in [0.25, 0.3) is 6.08 Å². The van der Waals surface area contributed by atoms with Crippen molar-refractivity contribution in [3.63, 3.8) is 0 Å². The number of carbonyl (C=O) groups excluding carboxylic acids is 1. The average molecular weight is 372 g/mol. The molecule has 1 heterocycles. The second-order valence-electron chi connectivity index (χ2n) is 6.10. The van der Waals surface area contributed by atoms with Gasteiger partial charge in [0.2, 0.25) is 5.91 Å². The van der Waals surface area contributed by atoms with E-state index in [0.717, 1.165) is 30.1 Å². The van der Waals surface area contributed by atoms with E-state index in [2.05, 4.69) is 4.90 Å². The number of hydrogen-bond acceptors (Lipinski definition) is 4. The minimum absolute atomic E-state index is 0.00167. The van der Waals surface area contributed by atoms with Crippen molar-refractivity contribution < 1.29 is 9.53 Å². The standard InChI is InChI=1S/C20H22ClN3O2/c1-26-19-5-3-2-4-18(19)23-10-12-24(13-11-23)20(25)9-7-15-6-8-16(21)17(22)14-15/h2-9,14H,10-13,22H2,1H3/b9-7+. The predicted octanol–water partition coefficient (Wildman–Crippen LogP) is 3.29.